The fourth-order valence-corrected chi connectivity index (χ4v) is 9.72. The number of aliphatic hydroxyl groups is 1. The fourth-order valence-electron chi connectivity index (χ4n) is 8.98. The third kappa shape index (κ3) is 52.8. The zero-order valence-electron chi connectivity index (χ0n) is 46.1. The summed E-state index contributed by atoms with van der Waals surface area (Å²) in [4.78, 5) is 23.3. The van der Waals surface area contributed by atoms with Crippen molar-refractivity contribution in [3.05, 3.63) is 24.3 Å². The number of amides is 1. The number of phosphoric acid groups is 1. The first-order valence-corrected chi connectivity index (χ1v) is 31.2. The second-order valence-electron chi connectivity index (χ2n) is 21.7. The average molecular weight is 983 g/mol. The van der Waals surface area contributed by atoms with Crippen LogP contribution < -0.4 is 5.32 Å². The summed E-state index contributed by atoms with van der Waals surface area (Å²) >= 11 is 0. The summed E-state index contributed by atoms with van der Waals surface area (Å²) in [6.45, 7) is 4.86. The second-order valence-corrected chi connectivity index (χ2v) is 23.2. The first-order valence-electron chi connectivity index (χ1n) is 29.7. The van der Waals surface area contributed by atoms with Crippen molar-refractivity contribution < 1.29 is 32.9 Å². The molecule has 0 aliphatic rings. The summed E-state index contributed by atoms with van der Waals surface area (Å²) < 4.78 is 23.7. The summed E-state index contributed by atoms with van der Waals surface area (Å²) in [6.07, 6.45) is 64.2. The van der Waals surface area contributed by atoms with E-state index in [1.165, 1.54) is 238 Å². The van der Waals surface area contributed by atoms with E-state index in [-0.39, 0.29) is 19.1 Å². The number of carbonyl (C=O) groups is 1. The lowest BCUT2D eigenvalue weighted by atomic mass is 10.0. The van der Waals surface area contributed by atoms with E-state index in [9.17, 15) is 19.4 Å². The molecule has 8 nitrogen and oxygen atoms in total. The summed E-state index contributed by atoms with van der Waals surface area (Å²) in [5.74, 6) is -0.175. The molecule has 404 valence electrons. The molecule has 0 radical (unpaired) electrons. The Kier molecular flexibility index (Phi) is 50.1. The zero-order chi connectivity index (χ0) is 49.9. The molecule has 0 aliphatic heterocycles. The molecule has 0 aromatic heterocycles. The first kappa shape index (κ1) is 67.0. The number of unbranched alkanes of at least 4 members (excludes halogenated alkanes) is 40. The molecule has 68 heavy (non-hydrogen) atoms. The van der Waals surface area contributed by atoms with Crippen molar-refractivity contribution in [3.63, 3.8) is 0 Å². The van der Waals surface area contributed by atoms with Gasteiger partial charge in [-0.2, -0.15) is 0 Å². The van der Waals surface area contributed by atoms with Crippen molar-refractivity contribution in [3.8, 4) is 0 Å². The van der Waals surface area contributed by atoms with Gasteiger partial charge >= 0.3 is 7.82 Å². The number of likely N-dealkylation sites (N-methyl/N-ethyl adjacent to an activating group) is 1. The van der Waals surface area contributed by atoms with E-state index in [4.69, 9.17) is 9.05 Å². The zero-order valence-corrected chi connectivity index (χ0v) is 47.0. The van der Waals surface area contributed by atoms with E-state index in [1.54, 1.807) is 6.08 Å². The van der Waals surface area contributed by atoms with Crippen molar-refractivity contribution in [2.45, 2.75) is 309 Å². The minimum absolute atomic E-state index is 0.0626. The molecule has 0 aromatic rings. The van der Waals surface area contributed by atoms with Crippen molar-refractivity contribution in [1.29, 1.82) is 0 Å². The molecule has 0 aromatic carbocycles. The van der Waals surface area contributed by atoms with Crippen LogP contribution in [0.25, 0.3) is 0 Å². The summed E-state index contributed by atoms with van der Waals surface area (Å²) in [5.41, 5.74) is 0. The lowest BCUT2D eigenvalue weighted by molar-refractivity contribution is -0.870. The number of quaternary nitrogens is 1. The smallest absolute Gasteiger partial charge is 0.387 e. The highest BCUT2D eigenvalue weighted by molar-refractivity contribution is 7.47. The minimum Gasteiger partial charge on any atom is -0.387 e. The van der Waals surface area contributed by atoms with Crippen molar-refractivity contribution in [1.82, 2.24) is 5.32 Å². The molecule has 0 heterocycles. The van der Waals surface area contributed by atoms with Crippen LogP contribution in [0, 0.1) is 0 Å². The van der Waals surface area contributed by atoms with Gasteiger partial charge in [0.1, 0.15) is 13.2 Å². The summed E-state index contributed by atoms with van der Waals surface area (Å²) in [5, 5.41) is 14.0. The van der Waals surface area contributed by atoms with E-state index in [2.05, 4.69) is 31.3 Å². The summed E-state index contributed by atoms with van der Waals surface area (Å²) in [7, 11) is 1.58. The van der Waals surface area contributed by atoms with Crippen LogP contribution in [0.15, 0.2) is 24.3 Å². The molecule has 9 heteroatoms. The normalized spacial score (nSPS) is 14.0. The van der Waals surface area contributed by atoms with E-state index in [0.29, 0.717) is 17.4 Å². The highest BCUT2D eigenvalue weighted by atomic mass is 31.2. The third-order valence-electron chi connectivity index (χ3n) is 13.7. The maximum atomic E-state index is 13.0. The van der Waals surface area contributed by atoms with Crippen molar-refractivity contribution >= 4 is 13.7 Å². The van der Waals surface area contributed by atoms with Crippen molar-refractivity contribution in [2.75, 3.05) is 40.9 Å². The molecule has 0 rings (SSSR count). The molecule has 0 bridgehead atoms. The van der Waals surface area contributed by atoms with Crippen LogP contribution in [0.1, 0.15) is 296 Å². The van der Waals surface area contributed by atoms with Crippen LogP contribution in [0.4, 0.5) is 0 Å². The Hall–Kier alpha value is -1.02. The Labute approximate surface area is 424 Å². The molecular formula is C59H118N2O6P+. The SMILES string of the molecule is CCCCCCCCCCCCCC/C=C\CCCCCCCCCCC(=O)NC(COP(=O)(O)OCC[N+](C)(C)C)C(O)/C=C/CCCCCCCCCCCCCCCCCCCCCC. The Morgan fingerprint density at radius 2 is 0.794 bits per heavy atom. The van der Waals surface area contributed by atoms with Crippen LogP contribution >= 0.6 is 7.82 Å². The molecule has 0 saturated heterocycles. The van der Waals surface area contributed by atoms with Gasteiger partial charge in [0.05, 0.1) is 39.9 Å². The van der Waals surface area contributed by atoms with E-state index in [0.717, 1.165) is 38.5 Å². The van der Waals surface area contributed by atoms with Gasteiger partial charge in [0.15, 0.2) is 0 Å². The van der Waals surface area contributed by atoms with Crippen LogP contribution in [0.2, 0.25) is 0 Å². The molecule has 0 fully saturated rings. The van der Waals surface area contributed by atoms with Gasteiger partial charge in [-0.25, -0.2) is 4.57 Å². The van der Waals surface area contributed by atoms with Gasteiger partial charge in [-0.1, -0.05) is 269 Å². The number of rotatable bonds is 55. The number of nitrogens with one attached hydrogen (secondary N) is 1. The number of hydrogen-bond donors (Lipinski definition) is 3. The molecule has 3 atom stereocenters. The molecule has 1 amide bonds. The largest absolute Gasteiger partial charge is 0.472 e. The number of nitrogens with zero attached hydrogens (tertiary/aromatic N) is 1. The van der Waals surface area contributed by atoms with Gasteiger partial charge in [0, 0.05) is 6.42 Å². The Morgan fingerprint density at radius 3 is 1.13 bits per heavy atom. The van der Waals surface area contributed by atoms with Gasteiger partial charge in [-0.05, 0) is 44.9 Å². The van der Waals surface area contributed by atoms with Gasteiger partial charge in [-0.3, -0.25) is 13.8 Å². The van der Waals surface area contributed by atoms with Crippen LogP contribution in [-0.2, 0) is 18.4 Å². The van der Waals surface area contributed by atoms with Crippen LogP contribution in [0.5, 0.6) is 0 Å². The summed E-state index contributed by atoms with van der Waals surface area (Å²) in [6, 6.07) is -0.847. The Bertz CT molecular complexity index is 1160. The first-order chi connectivity index (χ1) is 33.0. The monoisotopic (exact) mass is 982 g/mol. The van der Waals surface area contributed by atoms with Crippen LogP contribution in [-0.4, -0.2) is 73.4 Å². The fraction of sp³-hybridized carbons (Fsp3) is 0.915. The second kappa shape index (κ2) is 50.9. The number of hydrogen-bond acceptors (Lipinski definition) is 5. The predicted molar refractivity (Wildman–Crippen MR) is 295 cm³/mol. The maximum Gasteiger partial charge on any atom is 0.472 e. The molecule has 0 spiro atoms. The lowest BCUT2D eigenvalue weighted by Gasteiger charge is -2.25. The van der Waals surface area contributed by atoms with Gasteiger partial charge in [-0.15, -0.1) is 0 Å². The van der Waals surface area contributed by atoms with E-state index >= 15 is 0 Å². The van der Waals surface area contributed by atoms with Crippen LogP contribution in [0.3, 0.4) is 0 Å². The topological polar surface area (TPSA) is 105 Å². The highest BCUT2D eigenvalue weighted by Crippen LogP contribution is 2.43. The molecule has 0 aliphatic carbocycles. The lowest BCUT2D eigenvalue weighted by Crippen LogP contribution is -2.45. The van der Waals surface area contributed by atoms with E-state index in [1.807, 2.05) is 27.2 Å². The number of phosphoric ester groups is 1. The predicted octanol–water partition coefficient (Wildman–Crippen LogP) is 18.0. The quantitative estimate of drug-likeness (QED) is 0.0243. The van der Waals surface area contributed by atoms with Crippen molar-refractivity contribution in [2.24, 2.45) is 0 Å². The Morgan fingerprint density at radius 1 is 0.485 bits per heavy atom. The molecule has 3 N–H and O–H groups in total. The molecular weight excluding hydrogens is 864 g/mol. The minimum atomic E-state index is -4.35. The highest BCUT2D eigenvalue weighted by Gasteiger charge is 2.27. The number of carbonyl (C=O) groups excluding carboxylic acids is 1. The molecule has 3 unspecified atom stereocenters. The number of aliphatic hydroxyl groups excluding tert-OH is 1. The average Bonchev–Trinajstić information content (AvgIpc) is 3.30. The third-order valence-corrected chi connectivity index (χ3v) is 14.6. The van der Waals surface area contributed by atoms with E-state index < -0.39 is 20.0 Å². The molecule has 0 saturated carbocycles. The van der Waals surface area contributed by atoms with Gasteiger partial charge in [0.25, 0.3) is 0 Å². The maximum absolute atomic E-state index is 13.0. The standard InChI is InChI=1S/C59H117N2O6P/c1-6-8-10-12-14-16-18-20-22-24-26-28-30-31-33-35-37-39-41-43-45-47-49-51-53-59(63)60-57(56-67-68(64,65)66-55-54-61(3,4)5)58(62)52-50-48-46-44-42-40-38-36-34-32-29-27-25-23-21-19-17-15-13-11-9-7-2/h31,33,50,52,57-58,62H,6-30,32,34-49,51,53-56H2,1-5H3,(H-,60,63,64,65)/p+1/b33-31-,52-50+. The van der Waals surface area contributed by atoms with Gasteiger partial charge in [0.2, 0.25) is 5.91 Å². The number of allylic oxidation sites excluding steroid dienone is 3. The van der Waals surface area contributed by atoms with Gasteiger partial charge < -0.3 is 19.8 Å². The Balaban J connectivity index is 4.19.